The van der Waals surface area contributed by atoms with Crippen LogP contribution in [-0.2, 0) is 10.9 Å². The zero-order valence-electron chi connectivity index (χ0n) is 5.70. The first kappa shape index (κ1) is 12.1. The van der Waals surface area contributed by atoms with Gasteiger partial charge in [-0.25, -0.2) is 0 Å². The van der Waals surface area contributed by atoms with E-state index in [0.717, 1.165) is 0 Å². The predicted octanol–water partition coefficient (Wildman–Crippen LogP) is 2.33. The van der Waals surface area contributed by atoms with Gasteiger partial charge in [-0.1, -0.05) is 0 Å². The minimum absolute atomic E-state index is 0.428. The van der Waals surface area contributed by atoms with Crippen LogP contribution in [0.2, 0.25) is 0 Å². The van der Waals surface area contributed by atoms with Crippen molar-refractivity contribution in [3.05, 3.63) is 23.5 Å². The van der Waals surface area contributed by atoms with Crippen LogP contribution in [0.1, 0.15) is 21.0 Å². The van der Waals surface area contributed by atoms with Gasteiger partial charge in [-0.05, 0) is 12.1 Å². The van der Waals surface area contributed by atoms with Gasteiger partial charge in [0.15, 0.2) is 12.6 Å². The van der Waals surface area contributed by atoms with E-state index in [4.69, 9.17) is 0 Å². The van der Waals surface area contributed by atoms with Gasteiger partial charge in [-0.2, -0.15) is 0 Å². The van der Waals surface area contributed by atoms with E-state index in [1.54, 1.807) is 12.1 Å². The van der Waals surface area contributed by atoms with Crippen molar-refractivity contribution in [2.75, 3.05) is 0 Å². The van der Waals surface area contributed by atoms with Crippen molar-refractivity contribution in [2.45, 2.75) is 0 Å². The number of hydrogen-bond acceptors (Lipinski definition) is 2. The second-order valence-electron chi connectivity index (χ2n) is 1.65. The van der Waals surface area contributed by atoms with Crippen molar-refractivity contribution >= 4 is 41.0 Å². The maximum absolute atomic E-state index is 9.99. The molecule has 0 unspecified atom stereocenters. The molecule has 12 heavy (non-hydrogen) atoms. The molecule has 0 amide bonds. The first-order valence-electron chi connectivity index (χ1n) is 2.70. The third kappa shape index (κ3) is 4.85. The molecular formula is C6H5Br2NNiO2. The Hall–Kier alpha value is 0.0735. The molecule has 0 aliphatic rings. The standard InChI is InChI=1S/C6H5NO2.2BrH.Ni/c8-3-5-1-2-6(4-9)7-5;;;/h1-4,7H;2*1H;/q;;;+2/p-2. The van der Waals surface area contributed by atoms with Gasteiger partial charge in [0.05, 0.1) is 11.4 Å². The molecule has 0 fully saturated rings. The summed E-state index contributed by atoms with van der Waals surface area (Å²) in [5.74, 6) is 0. The van der Waals surface area contributed by atoms with Gasteiger partial charge < -0.3 is 4.98 Å². The average Bonchev–Trinajstić information content (AvgIpc) is 2.53. The molecule has 0 bridgehead atoms. The fourth-order valence-corrected chi connectivity index (χ4v) is 0.567. The fourth-order valence-electron chi connectivity index (χ4n) is 0.567. The molecule has 0 aliphatic heterocycles. The second-order valence-corrected chi connectivity index (χ2v) is 6.63. The van der Waals surface area contributed by atoms with Gasteiger partial charge in [0, 0.05) is 0 Å². The van der Waals surface area contributed by atoms with E-state index in [1.165, 1.54) is 10.9 Å². The van der Waals surface area contributed by atoms with E-state index >= 15 is 0 Å². The van der Waals surface area contributed by atoms with Gasteiger partial charge in [-0.3, -0.25) is 9.59 Å². The molecule has 1 heterocycles. The number of halogens is 2. The first-order valence-corrected chi connectivity index (χ1v) is 7.58. The topological polar surface area (TPSA) is 49.9 Å². The first-order chi connectivity index (χ1) is 5.78. The molecule has 0 aromatic carbocycles. The molecule has 70 valence electrons. The normalized spacial score (nSPS) is 8.50. The number of aromatic amines is 1. The molecule has 0 aliphatic carbocycles. The summed E-state index contributed by atoms with van der Waals surface area (Å²) in [7, 11) is 1.25. The van der Waals surface area contributed by atoms with E-state index in [2.05, 4.69) is 33.4 Å². The third-order valence-corrected chi connectivity index (χ3v) is 0.985. The quantitative estimate of drug-likeness (QED) is 0.663. The van der Waals surface area contributed by atoms with Crippen LogP contribution >= 0.6 is 28.5 Å². The van der Waals surface area contributed by atoms with Gasteiger partial charge in [0.25, 0.3) is 0 Å². The molecule has 0 saturated heterocycles. The van der Waals surface area contributed by atoms with Crippen LogP contribution in [0.5, 0.6) is 0 Å². The Balaban J connectivity index is 0.000000354. The number of aromatic nitrogens is 1. The monoisotopic (exact) mass is 339 g/mol. The van der Waals surface area contributed by atoms with Crippen LogP contribution < -0.4 is 0 Å². The summed E-state index contributed by atoms with van der Waals surface area (Å²) >= 11 is 6.00. The van der Waals surface area contributed by atoms with Crippen molar-refractivity contribution in [3.63, 3.8) is 0 Å². The Bertz CT molecular complexity index is 229. The third-order valence-electron chi connectivity index (χ3n) is 0.985. The van der Waals surface area contributed by atoms with Crippen LogP contribution in [0.4, 0.5) is 0 Å². The molecule has 0 saturated carbocycles. The van der Waals surface area contributed by atoms with Crippen molar-refractivity contribution in [2.24, 2.45) is 0 Å². The van der Waals surface area contributed by atoms with Crippen LogP contribution in [0.3, 0.4) is 0 Å². The van der Waals surface area contributed by atoms with Crippen molar-refractivity contribution in [1.29, 1.82) is 0 Å². The van der Waals surface area contributed by atoms with E-state index < -0.39 is 0 Å². The molecule has 0 radical (unpaired) electrons. The van der Waals surface area contributed by atoms with E-state index in [9.17, 15) is 9.59 Å². The van der Waals surface area contributed by atoms with Gasteiger partial charge in [0.2, 0.25) is 0 Å². The molecule has 1 aromatic rings. The molecule has 1 aromatic heterocycles. The van der Waals surface area contributed by atoms with Crippen LogP contribution in [0.15, 0.2) is 12.1 Å². The number of hydrogen-bond donors (Lipinski definition) is 1. The van der Waals surface area contributed by atoms with E-state index in [0.29, 0.717) is 24.0 Å². The summed E-state index contributed by atoms with van der Waals surface area (Å²) in [6.07, 6.45) is 1.32. The zero-order valence-corrected chi connectivity index (χ0v) is 9.86. The van der Waals surface area contributed by atoms with Gasteiger partial charge in [0.1, 0.15) is 0 Å². The number of rotatable bonds is 2. The Kier molecular flexibility index (Phi) is 7.76. The molecular weight excluding hydrogens is 337 g/mol. The Labute approximate surface area is 89.7 Å². The number of carbonyl (C=O) groups excluding carboxylic acids is 2. The summed E-state index contributed by atoms with van der Waals surface area (Å²) in [5, 5.41) is 0. The Morgan fingerprint density at radius 3 is 1.67 bits per heavy atom. The zero-order chi connectivity index (χ0) is 9.40. The van der Waals surface area contributed by atoms with Crippen LogP contribution in [0.25, 0.3) is 0 Å². The minimum atomic E-state index is 0.428. The van der Waals surface area contributed by atoms with Crippen molar-refractivity contribution in [3.8, 4) is 0 Å². The van der Waals surface area contributed by atoms with E-state index in [-0.39, 0.29) is 0 Å². The van der Waals surface area contributed by atoms with Crippen molar-refractivity contribution in [1.82, 2.24) is 4.98 Å². The maximum atomic E-state index is 9.99. The summed E-state index contributed by atoms with van der Waals surface area (Å²) in [4.78, 5) is 22.6. The molecule has 0 spiro atoms. The molecule has 1 rings (SSSR count). The molecule has 0 atom stereocenters. The Morgan fingerprint density at radius 2 is 1.50 bits per heavy atom. The van der Waals surface area contributed by atoms with Crippen molar-refractivity contribution < 1.29 is 20.5 Å². The van der Waals surface area contributed by atoms with Gasteiger partial charge >= 0.3 is 39.3 Å². The molecule has 6 heteroatoms. The number of carbonyl (C=O) groups is 2. The molecule has 3 nitrogen and oxygen atoms in total. The average molecular weight is 342 g/mol. The van der Waals surface area contributed by atoms with E-state index in [1.807, 2.05) is 0 Å². The second kappa shape index (κ2) is 7.71. The molecule has 1 N–H and O–H groups in total. The summed E-state index contributed by atoms with van der Waals surface area (Å²) in [6, 6.07) is 3.10. The number of H-pyrrole nitrogens is 1. The summed E-state index contributed by atoms with van der Waals surface area (Å²) in [6.45, 7) is 0. The van der Waals surface area contributed by atoms with Crippen LogP contribution in [0, 0.1) is 0 Å². The fraction of sp³-hybridized carbons (Fsp3) is 0. The van der Waals surface area contributed by atoms with Gasteiger partial charge in [-0.15, -0.1) is 0 Å². The summed E-state index contributed by atoms with van der Waals surface area (Å²) in [5.41, 5.74) is 0.856. The predicted molar refractivity (Wildman–Crippen MR) is 49.4 cm³/mol. The number of nitrogens with one attached hydrogen (secondary N) is 1. The van der Waals surface area contributed by atoms with Crippen LogP contribution in [-0.4, -0.2) is 17.6 Å². The Morgan fingerprint density at radius 1 is 1.17 bits per heavy atom. The number of aldehydes is 2. The SMILES string of the molecule is O=Cc1ccc(C=O)[nH]1.[Br][Ni][Br]. The summed E-state index contributed by atoms with van der Waals surface area (Å²) < 4.78 is 0.